The number of hydrogen-bond donors (Lipinski definition) is 0. The molecule has 14 heavy (non-hydrogen) atoms. The molecule has 1 aliphatic carbocycles. The second-order valence-electron chi connectivity index (χ2n) is 5.44. The van der Waals surface area contributed by atoms with Gasteiger partial charge in [-0.05, 0) is 35.3 Å². The van der Waals surface area contributed by atoms with Gasteiger partial charge in [-0.25, -0.2) is 0 Å². The summed E-state index contributed by atoms with van der Waals surface area (Å²) in [6, 6.07) is 0. The number of rotatable bonds is 0. The van der Waals surface area contributed by atoms with Crippen LogP contribution in [-0.2, 0) is 4.74 Å². The summed E-state index contributed by atoms with van der Waals surface area (Å²) < 4.78 is 5.55. The quantitative estimate of drug-likeness (QED) is 0.572. The van der Waals surface area contributed by atoms with Crippen molar-refractivity contribution >= 4 is 0 Å². The molecule has 2 aliphatic rings. The Bertz CT molecular complexity index is 278. The van der Waals surface area contributed by atoms with E-state index < -0.39 is 0 Å². The predicted octanol–water partition coefficient (Wildman–Crippen LogP) is 3.33. The normalized spacial score (nSPS) is 27.8. The van der Waals surface area contributed by atoms with Crippen molar-refractivity contribution in [1.29, 1.82) is 0 Å². The van der Waals surface area contributed by atoms with Crippen molar-refractivity contribution in [3.8, 4) is 0 Å². The SMILES string of the molecule is CC(C)(C)C1CCC=CC2=C1COC2. The number of hydrogen-bond acceptors (Lipinski definition) is 1. The predicted molar refractivity (Wildman–Crippen MR) is 59.2 cm³/mol. The largest absolute Gasteiger partial charge is 0.372 e. The maximum absolute atomic E-state index is 5.55. The average Bonchev–Trinajstić information content (AvgIpc) is 2.42. The summed E-state index contributed by atoms with van der Waals surface area (Å²) in [5, 5.41) is 0. The van der Waals surface area contributed by atoms with Gasteiger partial charge in [0, 0.05) is 0 Å². The smallest absolute Gasteiger partial charge is 0.0721 e. The fourth-order valence-electron chi connectivity index (χ4n) is 2.55. The van der Waals surface area contributed by atoms with Gasteiger partial charge < -0.3 is 4.74 Å². The van der Waals surface area contributed by atoms with Crippen LogP contribution >= 0.6 is 0 Å². The molecular formula is C13H20O. The van der Waals surface area contributed by atoms with E-state index in [2.05, 4.69) is 32.9 Å². The Morgan fingerprint density at radius 1 is 1.29 bits per heavy atom. The molecule has 0 spiro atoms. The lowest BCUT2D eigenvalue weighted by Gasteiger charge is -2.31. The van der Waals surface area contributed by atoms with E-state index in [4.69, 9.17) is 4.74 Å². The fourth-order valence-corrected chi connectivity index (χ4v) is 2.55. The molecule has 0 aromatic heterocycles. The van der Waals surface area contributed by atoms with Crippen LogP contribution in [0.2, 0.25) is 0 Å². The first-order valence-electron chi connectivity index (χ1n) is 5.55. The molecule has 0 saturated heterocycles. The van der Waals surface area contributed by atoms with E-state index in [1.807, 2.05) is 0 Å². The third-order valence-electron chi connectivity index (χ3n) is 3.33. The maximum Gasteiger partial charge on any atom is 0.0721 e. The highest BCUT2D eigenvalue weighted by atomic mass is 16.5. The monoisotopic (exact) mass is 192 g/mol. The Balaban J connectivity index is 2.30. The topological polar surface area (TPSA) is 9.23 Å². The summed E-state index contributed by atoms with van der Waals surface area (Å²) in [6.45, 7) is 8.71. The van der Waals surface area contributed by atoms with Crippen molar-refractivity contribution in [2.24, 2.45) is 11.3 Å². The van der Waals surface area contributed by atoms with Crippen LogP contribution in [0.15, 0.2) is 23.3 Å². The molecule has 0 bridgehead atoms. The lowest BCUT2D eigenvalue weighted by molar-refractivity contribution is 0.183. The molecule has 0 N–H and O–H groups in total. The first kappa shape index (κ1) is 9.97. The van der Waals surface area contributed by atoms with Crippen molar-refractivity contribution in [2.45, 2.75) is 33.6 Å². The Morgan fingerprint density at radius 2 is 2.07 bits per heavy atom. The number of ether oxygens (including phenoxy) is 1. The van der Waals surface area contributed by atoms with Crippen LogP contribution in [0.1, 0.15) is 33.6 Å². The third-order valence-corrected chi connectivity index (χ3v) is 3.33. The fraction of sp³-hybridized carbons (Fsp3) is 0.692. The van der Waals surface area contributed by atoms with Crippen LogP contribution in [0.4, 0.5) is 0 Å². The molecule has 1 heteroatoms. The van der Waals surface area contributed by atoms with E-state index in [1.165, 1.54) is 18.4 Å². The van der Waals surface area contributed by atoms with Gasteiger partial charge in [-0.1, -0.05) is 32.9 Å². The van der Waals surface area contributed by atoms with Crippen LogP contribution in [0, 0.1) is 11.3 Å². The van der Waals surface area contributed by atoms with Gasteiger partial charge in [0.1, 0.15) is 0 Å². The minimum atomic E-state index is 0.375. The molecule has 78 valence electrons. The van der Waals surface area contributed by atoms with Crippen molar-refractivity contribution in [3.05, 3.63) is 23.3 Å². The van der Waals surface area contributed by atoms with Crippen LogP contribution < -0.4 is 0 Å². The van der Waals surface area contributed by atoms with Crippen LogP contribution in [-0.4, -0.2) is 13.2 Å². The Hall–Kier alpha value is -0.560. The highest BCUT2D eigenvalue weighted by Gasteiger charge is 2.31. The van der Waals surface area contributed by atoms with Gasteiger partial charge in [0.15, 0.2) is 0 Å². The van der Waals surface area contributed by atoms with Crippen LogP contribution in [0.3, 0.4) is 0 Å². The van der Waals surface area contributed by atoms with E-state index in [1.54, 1.807) is 5.57 Å². The number of allylic oxidation sites excluding steroid dienone is 1. The molecule has 0 aromatic carbocycles. The maximum atomic E-state index is 5.55. The minimum absolute atomic E-state index is 0.375. The summed E-state index contributed by atoms with van der Waals surface area (Å²) in [4.78, 5) is 0. The molecular weight excluding hydrogens is 172 g/mol. The highest BCUT2D eigenvalue weighted by molar-refractivity contribution is 5.33. The van der Waals surface area contributed by atoms with Gasteiger partial charge in [0.2, 0.25) is 0 Å². The molecule has 1 atom stereocenters. The van der Waals surface area contributed by atoms with Crippen LogP contribution in [0.5, 0.6) is 0 Å². The lowest BCUT2D eigenvalue weighted by Crippen LogP contribution is -2.23. The molecule has 0 aromatic rings. The minimum Gasteiger partial charge on any atom is -0.372 e. The van der Waals surface area contributed by atoms with Crippen molar-refractivity contribution in [1.82, 2.24) is 0 Å². The molecule has 0 fully saturated rings. The zero-order valence-corrected chi connectivity index (χ0v) is 9.47. The van der Waals surface area contributed by atoms with Gasteiger partial charge in [0.05, 0.1) is 13.2 Å². The van der Waals surface area contributed by atoms with Gasteiger partial charge in [0.25, 0.3) is 0 Å². The summed E-state index contributed by atoms with van der Waals surface area (Å²) in [7, 11) is 0. The highest BCUT2D eigenvalue weighted by Crippen LogP contribution is 2.40. The first-order valence-corrected chi connectivity index (χ1v) is 5.55. The van der Waals surface area contributed by atoms with Crippen molar-refractivity contribution < 1.29 is 4.74 Å². The molecule has 1 nitrogen and oxygen atoms in total. The Kier molecular flexibility index (Phi) is 2.52. The Morgan fingerprint density at radius 3 is 2.79 bits per heavy atom. The van der Waals surface area contributed by atoms with Crippen LogP contribution in [0.25, 0.3) is 0 Å². The molecule has 0 radical (unpaired) electrons. The van der Waals surface area contributed by atoms with Crippen molar-refractivity contribution in [3.63, 3.8) is 0 Å². The second kappa shape index (κ2) is 3.54. The lowest BCUT2D eigenvalue weighted by atomic mass is 9.73. The molecule has 0 saturated carbocycles. The summed E-state index contributed by atoms with van der Waals surface area (Å²) in [5.41, 5.74) is 3.38. The van der Waals surface area contributed by atoms with Crippen molar-refractivity contribution in [2.75, 3.05) is 13.2 Å². The first-order chi connectivity index (χ1) is 6.59. The van der Waals surface area contributed by atoms with Gasteiger partial charge in [-0.3, -0.25) is 0 Å². The van der Waals surface area contributed by atoms with E-state index in [-0.39, 0.29) is 0 Å². The zero-order chi connectivity index (χ0) is 10.2. The van der Waals surface area contributed by atoms with Gasteiger partial charge >= 0.3 is 0 Å². The standard InChI is InChI=1S/C13H20O/c1-13(2,3)12-7-5-4-6-10-8-14-9-11(10)12/h4,6,12H,5,7-9H2,1-3H3. The molecule has 1 heterocycles. The van der Waals surface area contributed by atoms with Gasteiger partial charge in [-0.2, -0.15) is 0 Å². The molecule has 0 amide bonds. The molecule has 1 unspecified atom stereocenters. The Labute approximate surface area is 86.8 Å². The summed E-state index contributed by atoms with van der Waals surface area (Å²) in [5.74, 6) is 0.704. The van der Waals surface area contributed by atoms with E-state index >= 15 is 0 Å². The molecule has 1 aliphatic heterocycles. The summed E-state index contributed by atoms with van der Waals surface area (Å²) in [6.07, 6.45) is 7.07. The van der Waals surface area contributed by atoms with E-state index in [9.17, 15) is 0 Å². The van der Waals surface area contributed by atoms with E-state index in [0.717, 1.165) is 13.2 Å². The average molecular weight is 192 g/mol. The molecule has 2 rings (SSSR count). The van der Waals surface area contributed by atoms with Gasteiger partial charge in [-0.15, -0.1) is 0 Å². The van der Waals surface area contributed by atoms with E-state index in [0.29, 0.717) is 11.3 Å². The zero-order valence-electron chi connectivity index (χ0n) is 9.47. The summed E-state index contributed by atoms with van der Waals surface area (Å²) >= 11 is 0. The third kappa shape index (κ3) is 1.78. The second-order valence-corrected chi connectivity index (χ2v) is 5.44.